The van der Waals surface area contributed by atoms with Gasteiger partial charge in [-0.25, -0.2) is 9.98 Å². The summed E-state index contributed by atoms with van der Waals surface area (Å²) in [6.07, 6.45) is 4.24. The van der Waals surface area contributed by atoms with Gasteiger partial charge in [-0.3, -0.25) is 4.79 Å². The number of aliphatic hydroxyl groups excluding tert-OH is 1. The fourth-order valence-electron chi connectivity index (χ4n) is 2.91. The molecule has 5 nitrogen and oxygen atoms in total. The number of rotatable bonds is 7. The SMILES string of the molecule is CC(C)c1nc(CCO)n(CC2=CCC(=O)N=C2)c1Sc1cc(Cl)cc(Cl)c1. The first-order chi connectivity index (χ1) is 13.4. The molecule has 1 aliphatic heterocycles. The number of aromatic nitrogens is 2. The van der Waals surface area contributed by atoms with Gasteiger partial charge in [0, 0.05) is 34.0 Å². The summed E-state index contributed by atoms with van der Waals surface area (Å²) < 4.78 is 2.08. The van der Waals surface area contributed by atoms with Crippen molar-refractivity contribution in [3.8, 4) is 0 Å². The van der Waals surface area contributed by atoms with E-state index < -0.39 is 0 Å². The Hall–Kier alpha value is -1.60. The van der Waals surface area contributed by atoms with Gasteiger partial charge in [-0.05, 0) is 29.7 Å². The lowest BCUT2D eigenvalue weighted by atomic mass is 10.1. The van der Waals surface area contributed by atoms with Gasteiger partial charge in [0.05, 0.1) is 18.8 Å². The van der Waals surface area contributed by atoms with E-state index in [1.165, 1.54) is 0 Å². The molecule has 8 heteroatoms. The molecule has 0 saturated carbocycles. The van der Waals surface area contributed by atoms with Crippen LogP contribution in [0.15, 0.2) is 44.8 Å². The lowest BCUT2D eigenvalue weighted by Gasteiger charge is -2.15. The quantitative estimate of drug-likeness (QED) is 0.666. The van der Waals surface area contributed by atoms with Gasteiger partial charge in [0.2, 0.25) is 5.91 Å². The molecule has 1 amide bonds. The highest BCUT2D eigenvalue weighted by molar-refractivity contribution is 7.99. The Morgan fingerprint density at radius 3 is 2.54 bits per heavy atom. The molecule has 0 atom stereocenters. The van der Waals surface area contributed by atoms with E-state index in [-0.39, 0.29) is 18.4 Å². The number of amides is 1. The predicted molar refractivity (Wildman–Crippen MR) is 114 cm³/mol. The minimum Gasteiger partial charge on any atom is -0.396 e. The second-order valence-corrected chi connectivity index (χ2v) is 8.71. The molecule has 0 fully saturated rings. The third kappa shape index (κ3) is 5.06. The Bertz CT molecular complexity index is 931. The summed E-state index contributed by atoms with van der Waals surface area (Å²) in [6.45, 7) is 4.71. The fraction of sp³-hybridized carbons (Fsp3) is 0.350. The minimum absolute atomic E-state index is 0.00721. The zero-order valence-corrected chi connectivity index (χ0v) is 18.0. The van der Waals surface area contributed by atoms with Crippen molar-refractivity contribution in [2.45, 2.75) is 49.1 Å². The number of allylic oxidation sites excluding steroid dienone is 1. The van der Waals surface area contributed by atoms with Crippen molar-refractivity contribution in [1.82, 2.24) is 9.55 Å². The number of aliphatic hydroxyl groups is 1. The van der Waals surface area contributed by atoms with Crippen LogP contribution < -0.4 is 0 Å². The highest BCUT2D eigenvalue weighted by Crippen LogP contribution is 2.37. The number of carbonyl (C=O) groups excluding carboxylic acids is 1. The lowest BCUT2D eigenvalue weighted by molar-refractivity contribution is -0.117. The first-order valence-corrected chi connectivity index (χ1v) is 10.5. The Kier molecular flexibility index (Phi) is 6.99. The average molecular weight is 438 g/mol. The monoisotopic (exact) mass is 437 g/mol. The van der Waals surface area contributed by atoms with Gasteiger partial charge in [0.15, 0.2) is 0 Å². The van der Waals surface area contributed by atoms with Gasteiger partial charge >= 0.3 is 0 Å². The fourth-order valence-corrected chi connectivity index (χ4v) is 4.82. The molecule has 2 heterocycles. The molecule has 0 spiro atoms. The summed E-state index contributed by atoms with van der Waals surface area (Å²) in [4.78, 5) is 21.0. The first-order valence-electron chi connectivity index (χ1n) is 8.97. The average Bonchev–Trinajstić information content (AvgIpc) is 2.94. The molecule has 0 aliphatic carbocycles. The molecule has 1 aromatic heterocycles. The minimum atomic E-state index is -0.143. The smallest absolute Gasteiger partial charge is 0.249 e. The molecule has 28 heavy (non-hydrogen) atoms. The van der Waals surface area contributed by atoms with Crippen molar-refractivity contribution in [2.75, 3.05) is 6.61 Å². The number of hydrogen-bond acceptors (Lipinski definition) is 4. The van der Waals surface area contributed by atoms with Crippen LogP contribution in [0.2, 0.25) is 10.0 Å². The second-order valence-electron chi connectivity index (χ2n) is 6.78. The van der Waals surface area contributed by atoms with E-state index >= 15 is 0 Å². The van der Waals surface area contributed by atoms with Crippen LogP contribution in [0.4, 0.5) is 0 Å². The van der Waals surface area contributed by atoms with Crippen LogP contribution >= 0.6 is 35.0 Å². The molecule has 1 aromatic carbocycles. The van der Waals surface area contributed by atoms with Crippen molar-refractivity contribution in [3.05, 3.63) is 51.4 Å². The maximum atomic E-state index is 11.4. The number of aliphatic imine (C=N–C) groups is 1. The van der Waals surface area contributed by atoms with Crippen LogP contribution in [-0.4, -0.2) is 33.4 Å². The van der Waals surface area contributed by atoms with Gasteiger partial charge in [-0.15, -0.1) is 0 Å². The predicted octanol–water partition coefficient (Wildman–Crippen LogP) is 4.93. The van der Waals surface area contributed by atoms with Crippen LogP contribution in [0.5, 0.6) is 0 Å². The highest BCUT2D eigenvalue weighted by Gasteiger charge is 2.21. The van der Waals surface area contributed by atoms with Gasteiger partial charge in [-0.2, -0.15) is 0 Å². The van der Waals surface area contributed by atoms with Gasteiger partial charge in [0.1, 0.15) is 10.9 Å². The van der Waals surface area contributed by atoms with Crippen LogP contribution in [0.1, 0.15) is 37.7 Å². The number of imidazole rings is 1. The van der Waals surface area contributed by atoms with Gasteiger partial charge in [-0.1, -0.05) is 54.9 Å². The summed E-state index contributed by atoms with van der Waals surface area (Å²) in [5, 5.41) is 11.6. The standard InChI is InChI=1S/C20H21Cl2N3O2S/c1-12(2)19-20(28-16-8-14(21)7-15(22)9-16)25(17(24-19)5-6-26)11-13-3-4-18(27)23-10-13/h3,7-10,12,26H,4-6,11H2,1-2H3. The molecule has 1 aliphatic rings. The Morgan fingerprint density at radius 1 is 1.25 bits per heavy atom. The van der Waals surface area contributed by atoms with Crippen molar-refractivity contribution < 1.29 is 9.90 Å². The lowest BCUT2D eigenvalue weighted by Crippen LogP contribution is -2.12. The van der Waals surface area contributed by atoms with E-state index in [0.717, 1.165) is 27.0 Å². The highest BCUT2D eigenvalue weighted by atomic mass is 35.5. The summed E-state index contributed by atoms with van der Waals surface area (Å²) in [5.74, 6) is 0.857. The molecule has 1 N–H and O–H groups in total. The third-order valence-corrected chi connectivity index (χ3v) is 5.74. The van der Waals surface area contributed by atoms with E-state index in [4.69, 9.17) is 28.2 Å². The summed E-state index contributed by atoms with van der Waals surface area (Å²) >= 11 is 13.9. The topological polar surface area (TPSA) is 67.5 Å². The van der Waals surface area contributed by atoms with Gasteiger partial charge < -0.3 is 9.67 Å². The molecule has 0 unspecified atom stereocenters. The molecule has 3 rings (SSSR count). The largest absolute Gasteiger partial charge is 0.396 e. The Labute approximate surface area is 178 Å². The molecular weight excluding hydrogens is 417 g/mol. The number of carbonyl (C=O) groups is 1. The van der Waals surface area contributed by atoms with E-state index in [2.05, 4.69) is 23.4 Å². The van der Waals surface area contributed by atoms with Crippen molar-refractivity contribution in [3.63, 3.8) is 0 Å². The molecule has 0 bridgehead atoms. The zero-order chi connectivity index (χ0) is 20.3. The maximum absolute atomic E-state index is 11.4. The number of halogens is 2. The van der Waals surface area contributed by atoms with Crippen LogP contribution in [0.25, 0.3) is 0 Å². The Balaban J connectivity index is 2.04. The molecular formula is C20H21Cl2N3O2S. The third-order valence-electron chi connectivity index (χ3n) is 4.21. The second kappa shape index (κ2) is 9.27. The molecule has 0 radical (unpaired) electrons. The maximum Gasteiger partial charge on any atom is 0.249 e. The number of dihydropyridines is 1. The number of benzene rings is 1. The first kappa shape index (κ1) is 21.1. The normalized spacial score (nSPS) is 14.1. The summed E-state index contributed by atoms with van der Waals surface area (Å²) in [5.41, 5.74) is 1.89. The van der Waals surface area contributed by atoms with Crippen LogP contribution in [-0.2, 0) is 17.8 Å². The van der Waals surface area contributed by atoms with E-state index in [9.17, 15) is 9.90 Å². The Morgan fingerprint density at radius 2 is 1.96 bits per heavy atom. The molecule has 148 valence electrons. The van der Waals surface area contributed by atoms with Gasteiger partial charge in [0.25, 0.3) is 0 Å². The number of hydrogen-bond donors (Lipinski definition) is 1. The summed E-state index contributed by atoms with van der Waals surface area (Å²) in [6, 6.07) is 5.43. The summed E-state index contributed by atoms with van der Waals surface area (Å²) in [7, 11) is 0. The van der Waals surface area contributed by atoms with Crippen molar-refractivity contribution >= 4 is 47.1 Å². The van der Waals surface area contributed by atoms with Crippen LogP contribution in [0, 0.1) is 0 Å². The molecule has 0 saturated heterocycles. The van der Waals surface area contributed by atoms with Crippen molar-refractivity contribution in [1.29, 1.82) is 0 Å². The zero-order valence-electron chi connectivity index (χ0n) is 15.7. The molecule has 2 aromatic rings. The van der Waals surface area contributed by atoms with E-state index in [1.54, 1.807) is 24.0 Å². The van der Waals surface area contributed by atoms with E-state index in [1.807, 2.05) is 18.2 Å². The van der Waals surface area contributed by atoms with E-state index in [0.29, 0.717) is 29.4 Å². The van der Waals surface area contributed by atoms with Crippen LogP contribution in [0.3, 0.4) is 0 Å². The van der Waals surface area contributed by atoms with Crippen molar-refractivity contribution in [2.24, 2.45) is 4.99 Å². The number of nitrogens with zero attached hydrogens (tertiary/aromatic N) is 3.